The predicted octanol–water partition coefficient (Wildman–Crippen LogP) is 3.98. The summed E-state index contributed by atoms with van der Waals surface area (Å²) in [6, 6.07) is 14.1. The van der Waals surface area contributed by atoms with Crippen molar-refractivity contribution < 1.29 is 32.2 Å². The number of rotatable bonds is 10. The van der Waals surface area contributed by atoms with Crippen LogP contribution in [0.4, 0.5) is 23.7 Å². The van der Waals surface area contributed by atoms with Crippen molar-refractivity contribution in [1.82, 2.24) is 5.32 Å². The van der Waals surface area contributed by atoms with Gasteiger partial charge >= 0.3 is 6.09 Å². The molecule has 41 heavy (non-hydrogen) atoms. The fourth-order valence-electron chi connectivity index (χ4n) is 4.98. The highest BCUT2D eigenvalue weighted by atomic mass is 19.1. The molecule has 1 heterocycles. The third-order valence-corrected chi connectivity index (χ3v) is 7.20. The Bertz CT molecular complexity index is 1300. The fraction of sp³-hybridized carbons (Fsp3) is 0.333. The zero-order valence-corrected chi connectivity index (χ0v) is 22.5. The minimum absolute atomic E-state index is 0.0732. The Morgan fingerprint density at radius 2 is 1.63 bits per heavy atom. The first-order valence-electron chi connectivity index (χ1n) is 13.3. The maximum atomic E-state index is 15.0. The third-order valence-electron chi connectivity index (χ3n) is 7.20. The molecule has 3 aromatic carbocycles. The zero-order chi connectivity index (χ0) is 29.5. The Morgan fingerprint density at radius 3 is 2.20 bits per heavy atom. The second-order valence-corrected chi connectivity index (χ2v) is 10.0. The van der Waals surface area contributed by atoms with Crippen molar-refractivity contribution in [3.63, 3.8) is 0 Å². The Morgan fingerprint density at radius 1 is 1.02 bits per heavy atom. The highest BCUT2D eigenvalue weighted by Gasteiger charge is 2.30. The van der Waals surface area contributed by atoms with Gasteiger partial charge in [-0.1, -0.05) is 30.3 Å². The number of nitrogens with two attached hydrogens (primary N) is 2. The fourth-order valence-corrected chi connectivity index (χ4v) is 4.98. The largest absolute Gasteiger partial charge is 0.448 e. The normalized spacial score (nSPS) is 19.5. The number of morpholine rings is 1. The van der Waals surface area contributed by atoms with Gasteiger partial charge in [0.05, 0.1) is 24.3 Å². The second-order valence-electron chi connectivity index (χ2n) is 10.0. The molecule has 6 N–H and O–H groups in total. The maximum Gasteiger partial charge on any atom is 0.404 e. The second kappa shape index (κ2) is 13.6. The van der Waals surface area contributed by atoms with Crippen LogP contribution < -0.4 is 22.1 Å². The monoisotopic (exact) mass is 570 g/mol. The molecule has 0 aliphatic carbocycles. The summed E-state index contributed by atoms with van der Waals surface area (Å²) in [4.78, 5) is 24.3. The van der Waals surface area contributed by atoms with E-state index in [0.717, 1.165) is 0 Å². The van der Waals surface area contributed by atoms with Gasteiger partial charge in [-0.2, -0.15) is 0 Å². The molecular formula is C30H33F3N4O4. The van der Waals surface area contributed by atoms with Crippen molar-refractivity contribution in [3.8, 4) is 0 Å². The van der Waals surface area contributed by atoms with Crippen molar-refractivity contribution in [2.75, 3.05) is 18.5 Å². The van der Waals surface area contributed by atoms with E-state index in [9.17, 15) is 22.8 Å². The average Bonchev–Trinajstić information content (AvgIpc) is 2.94. The van der Waals surface area contributed by atoms with Crippen LogP contribution in [0.15, 0.2) is 66.7 Å². The van der Waals surface area contributed by atoms with E-state index in [1.807, 2.05) is 6.92 Å². The SMILES string of the molecule is C[C@@H]1O[C@H](CCc2c(F)cccc2NC(=O)[C@@H](N)C(c2ccc(F)cc2)c2ccc(F)cc2)CN[C@@H]1COC(N)=O. The molecule has 8 nitrogen and oxygen atoms in total. The Balaban J connectivity index is 1.46. The molecular weight excluding hydrogens is 537 g/mol. The van der Waals surface area contributed by atoms with E-state index in [2.05, 4.69) is 10.6 Å². The minimum Gasteiger partial charge on any atom is -0.448 e. The van der Waals surface area contributed by atoms with Crippen molar-refractivity contribution >= 4 is 17.7 Å². The Labute approximate surface area is 236 Å². The van der Waals surface area contributed by atoms with E-state index in [-0.39, 0.29) is 37.0 Å². The molecule has 3 aromatic rings. The number of nitrogens with one attached hydrogen (secondary N) is 2. The zero-order valence-electron chi connectivity index (χ0n) is 22.5. The molecule has 1 fully saturated rings. The molecule has 4 atom stereocenters. The van der Waals surface area contributed by atoms with E-state index in [0.29, 0.717) is 29.7 Å². The predicted molar refractivity (Wildman–Crippen MR) is 148 cm³/mol. The summed E-state index contributed by atoms with van der Waals surface area (Å²) < 4.78 is 53.1. The van der Waals surface area contributed by atoms with E-state index in [1.54, 1.807) is 6.07 Å². The lowest BCUT2D eigenvalue weighted by Gasteiger charge is -2.35. The number of carbonyl (C=O) groups excluding carboxylic acids is 2. The molecule has 218 valence electrons. The van der Waals surface area contributed by atoms with Crippen LogP contribution in [0.5, 0.6) is 0 Å². The summed E-state index contributed by atoms with van der Waals surface area (Å²) in [6.45, 7) is 2.36. The summed E-state index contributed by atoms with van der Waals surface area (Å²) in [5.41, 5.74) is 13.2. The number of primary amides is 1. The van der Waals surface area contributed by atoms with Crippen molar-refractivity contribution in [3.05, 3.63) is 101 Å². The van der Waals surface area contributed by atoms with Gasteiger partial charge in [0.1, 0.15) is 24.1 Å². The first kappa shape index (κ1) is 30.0. The molecule has 0 saturated carbocycles. The molecule has 2 amide bonds. The quantitative estimate of drug-likeness (QED) is 0.292. The number of carbonyl (C=O) groups is 2. The van der Waals surface area contributed by atoms with Crippen LogP contribution in [-0.2, 0) is 20.7 Å². The first-order valence-corrected chi connectivity index (χ1v) is 13.3. The van der Waals surface area contributed by atoms with Crippen LogP contribution in [0.1, 0.15) is 36.0 Å². The number of hydrogen-bond acceptors (Lipinski definition) is 6. The van der Waals surface area contributed by atoms with Crippen molar-refractivity contribution in [2.45, 2.75) is 50.0 Å². The third kappa shape index (κ3) is 7.84. The summed E-state index contributed by atoms with van der Waals surface area (Å²) in [5.74, 6) is -2.69. The molecule has 4 rings (SSSR count). The molecule has 0 radical (unpaired) electrons. The van der Waals surface area contributed by atoms with Gasteiger partial charge in [0.15, 0.2) is 0 Å². The van der Waals surface area contributed by atoms with Gasteiger partial charge < -0.3 is 31.6 Å². The van der Waals surface area contributed by atoms with Crippen LogP contribution in [0.2, 0.25) is 0 Å². The van der Waals surface area contributed by atoms with Crippen LogP contribution in [0.3, 0.4) is 0 Å². The summed E-state index contributed by atoms with van der Waals surface area (Å²) in [7, 11) is 0. The highest BCUT2D eigenvalue weighted by Crippen LogP contribution is 2.30. The smallest absolute Gasteiger partial charge is 0.404 e. The molecule has 11 heteroatoms. The topological polar surface area (TPSA) is 129 Å². The minimum atomic E-state index is -1.16. The highest BCUT2D eigenvalue weighted by molar-refractivity contribution is 5.96. The van der Waals surface area contributed by atoms with E-state index >= 15 is 0 Å². The van der Waals surface area contributed by atoms with Gasteiger partial charge in [-0.25, -0.2) is 18.0 Å². The standard InChI is InChI=1S/C30H33F3N4O4/c1-17-26(16-40-30(35)39)36-15-22(41-17)13-14-23-24(33)3-2-4-25(23)37-29(38)28(34)27(18-5-9-20(31)10-6-18)19-7-11-21(32)12-8-19/h2-12,17,22,26-28,36H,13-16,34H2,1H3,(H2,35,39)(H,37,38)/t17-,22+,26+,28-/m0/s1. The van der Waals surface area contributed by atoms with Crippen molar-refractivity contribution in [1.29, 1.82) is 0 Å². The molecule has 1 aliphatic rings. The van der Waals surface area contributed by atoms with Gasteiger partial charge in [0.25, 0.3) is 0 Å². The van der Waals surface area contributed by atoms with Crippen LogP contribution in [0.25, 0.3) is 0 Å². The van der Waals surface area contributed by atoms with Gasteiger partial charge in [0.2, 0.25) is 5.91 Å². The number of ether oxygens (including phenoxy) is 2. The first-order chi connectivity index (χ1) is 19.6. The Hall–Kier alpha value is -3.93. The molecule has 0 bridgehead atoms. The van der Waals surface area contributed by atoms with Crippen LogP contribution in [-0.4, -0.2) is 49.4 Å². The van der Waals surface area contributed by atoms with E-state index in [1.165, 1.54) is 60.7 Å². The van der Waals surface area contributed by atoms with Gasteiger partial charge in [0, 0.05) is 23.7 Å². The molecule has 0 unspecified atom stereocenters. The lowest BCUT2D eigenvalue weighted by molar-refractivity contribution is -0.117. The number of benzene rings is 3. The number of amides is 2. The molecule has 1 aliphatic heterocycles. The lowest BCUT2D eigenvalue weighted by Crippen LogP contribution is -2.53. The molecule has 0 spiro atoms. The van der Waals surface area contributed by atoms with Crippen LogP contribution in [0, 0.1) is 17.5 Å². The molecule has 0 aromatic heterocycles. The van der Waals surface area contributed by atoms with E-state index < -0.39 is 41.4 Å². The van der Waals surface area contributed by atoms with Crippen LogP contribution >= 0.6 is 0 Å². The summed E-state index contributed by atoms with van der Waals surface area (Å²) >= 11 is 0. The molecule has 1 saturated heterocycles. The van der Waals surface area contributed by atoms with Gasteiger partial charge in [-0.3, -0.25) is 4.79 Å². The number of halogens is 3. The number of anilines is 1. The van der Waals surface area contributed by atoms with E-state index in [4.69, 9.17) is 20.9 Å². The lowest BCUT2D eigenvalue weighted by atomic mass is 9.85. The van der Waals surface area contributed by atoms with Gasteiger partial charge in [-0.05, 0) is 67.3 Å². The van der Waals surface area contributed by atoms with Gasteiger partial charge in [-0.15, -0.1) is 0 Å². The maximum absolute atomic E-state index is 15.0. The number of hydrogen-bond donors (Lipinski definition) is 4. The van der Waals surface area contributed by atoms with Crippen molar-refractivity contribution in [2.24, 2.45) is 11.5 Å². The Kier molecular flexibility index (Phi) is 9.98. The summed E-state index contributed by atoms with van der Waals surface area (Å²) in [5, 5.41) is 6.01. The summed E-state index contributed by atoms with van der Waals surface area (Å²) in [6.07, 6.45) is -0.679. The average molecular weight is 571 g/mol.